The first-order valence-electron chi connectivity index (χ1n) is 11.9. The summed E-state index contributed by atoms with van der Waals surface area (Å²) < 4.78 is 5.07. The van der Waals surface area contributed by atoms with E-state index in [4.69, 9.17) is 4.74 Å². The fraction of sp³-hybridized carbons (Fsp3) is 0.259. The van der Waals surface area contributed by atoms with Gasteiger partial charge in [-0.05, 0) is 48.5 Å². The third kappa shape index (κ3) is 4.17. The molecule has 1 aliphatic rings. The molecule has 0 saturated carbocycles. The highest BCUT2D eigenvalue weighted by Crippen LogP contribution is 2.31. The average molecular weight is 467 g/mol. The maximum absolute atomic E-state index is 13.1. The monoisotopic (exact) mass is 466 g/mol. The van der Waals surface area contributed by atoms with E-state index in [-0.39, 0.29) is 11.5 Å². The van der Waals surface area contributed by atoms with E-state index >= 15 is 0 Å². The lowest BCUT2D eigenvalue weighted by molar-refractivity contribution is 0.199. The molecule has 1 saturated heterocycles. The van der Waals surface area contributed by atoms with Gasteiger partial charge in [0.05, 0.1) is 18.1 Å². The smallest absolute Gasteiger partial charge is 0.316 e. The van der Waals surface area contributed by atoms with Crippen molar-refractivity contribution in [3.05, 3.63) is 82.4 Å². The van der Waals surface area contributed by atoms with Gasteiger partial charge in [0.25, 0.3) is 5.56 Å². The molecule has 2 N–H and O–H groups in total. The lowest BCUT2D eigenvalue weighted by atomic mass is 9.90. The van der Waals surface area contributed by atoms with Gasteiger partial charge in [-0.1, -0.05) is 30.3 Å². The fourth-order valence-corrected chi connectivity index (χ4v) is 5.10. The van der Waals surface area contributed by atoms with Crippen LogP contribution in [0.3, 0.4) is 0 Å². The number of likely N-dealkylation sites (tertiary alicyclic amines) is 1. The molecule has 8 nitrogen and oxygen atoms in total. The number of hydrogen-bond acceptors (Lipinski definition) is 6. The summed E-state index contributed by atoms with van der Waals surface area (Å²) in [6.07, 6.45) is 5.50. The van der Waals surface area contributed by atoms with Crippen LogP contribution in [0.15, 0.2) is 65.7 Å². The number of ether oxygens (including phenoxy) is 1. The molecule has 3 aromatic heterocycles. The van der Waals surface area contributed by atoms with Crippen LogP contribution in [0.4, 0.5) is 0 Å². The highest BCUT2D eigenvalue weighted by Gasteiger charge is 2.24. The zero-order chi connectivity index (χ0) is 23.8. The molecule has 1 aliphatic heterocycles. The van der Waals surface area contributed by atoms with E-state index in [0.29, 0.717) is 6.01 Å². The van der Waals surface area contributed by atoms with Crippen molar-refractivity contribution >= 4 is 21.8 Å². The Bertz CT molecular complexity index is 1540. The lowest BCUT2D eigenvalue weighted by Crippen LogP contribution is -2.35. The highest BCUT2D eigenvalue weighted by atomic mass is 16.5. The van der Waals surface area contributed by atoms with Crippen molar-refractivity contribution in [3.8, 4) is 17.3 Å². The van der Waals surface area contributed by atoms with Crippen LogP contribution in [-0.2, 0) is 6.54 Å². The predicted octanol–water partition coefficient (Wildman–Crippen LogP) is 4.25. The Balaban J connectivity index is 1.34. The number of fused-ring (bicyclic) bond motifs is 2. The molecule has 8 heteroatoms. The summed E-state index contributed by atoms with van der Waals surface area (Å²) in [6, 6.07) is 16.9. The second-order valence-electron chi connectivity index (χ2n) is 9.13. The summed E-state index contributed by atoms with van der Waals surface area (Å²) in [5.74, 6) is 0.204. The molecule has 4 heterocycles. The topological polar surface area (TPSA) is 99.8 Å². The number of pyridine rings is 1. The first-order valence-corrected chi connectivity index (χ1v) is 11.9. The van der Waals surface area contributed by atoms with Gasteiger partial charge in [0.1, 0.15) is 5.69 Å². The number of hydrogen-bond donors (Lipinski definition) is 2. The van der Waals surface area contributed by atoms with Crippen molar-refractivity contribution in [1.82, 2.24) is 30.0 Å². The van der Waals surface area contributed by atoms with Crippen LogP contribution in [0.5, 0.6) is 6.01 Å². The molecular formula is C27H26N6O2. The second-order valence-corrected chi connectivity index (χ2v) is 9.13. The van der Waals surface area contributed by atoms with Crippen LogP contribution in [0.1, 0.15) is 29.9 Å². The van der Waals surface area contributed by atoms with Crippen LogP contribution < -0.4 is 10.3 Å². The van der Waals surface area contributed by atoms with Gasteiger partial charge in [-0.3, -0.25) is 14.8 Å². The molecule has 2 aromatic carbocycles. The van der Waals surface area contributed by atoms with Gasteiger partial charge in [0.2, 0.25) is 0 Å². The van der Waals surface area contributed by atoms with E-state index in [2.05, 4.69) is 66.4 Å². The van der Waals surface area contributed by atoms with E-state index in [0.717, 1.165) is 71.1 Å². The Morgan fingerprint density at radius 3 is 2.71 bits per heavy atom. The summed E-state index contributed by atoms with van der Waals surface area (Å²) in [5.41, 5.74) is 5.36. The van der Waals surface area contributed by atoms with E-state index in [1.165, 1.54) is 12.7 Å². The predicted molar refractivity (Wildman–Crippen MR) is 135 cm³/mol. The molecule has 0 spiro atoms. The minimum Gasteiger partial charge on any atom is -0.467 e. The maximum Gasteiger partial charge on any atom is 0.316 e. The fourth-order valence-electron chi connectivity index (χ4n) is 5.10. The van der Waals surface area contributed by atoms with Gasteiger partial charge in [0.15, 0.2) is 0 Å². The number of nitrogens with one attached hydrogen (secondary N) is 2. The van der Waals surface area contributed by atoms with Crippen LogP contribution >= 0.6 is 0 Å². The number of rotatable bonds is 5. The normalized spacial score (nSPS) is 16.7. The largest absolute Gasteiger partial charge is 0.467 e. The zero-order valence-corrected chi connectivity index (χ0v) is 19.5. The summed E-state index contributed by atoms with van der Waals surface area (Å²) in [7, 11) is 1.54. The second kappa shape index (κ2) is 8.96. The molecular weight excluding hydrogens is 440 g/mol. The quantitative estimate of drug-likeness (QED) is 0.402. The lowest BCUT2D eigenvalue weighted by Gasteiger charge is -2.32. The molecule has 0 amide bonds. The molecule has 0 bridgehead atoms. The first kappa shape index (κ1) is 21.5. The molecule has 1 unspecified atom stereocenters. The highest BCUT2D eigenvalue weighted by molar-refractivity contribution is 6.01. The van der Waals surface area contributed by atoms with Crippen molar-refractivity contribution in [1.29, 1.82) is 0 Å². The van der Waals surface area contributed by atoms with Crippen molar-refractivity contribution < 1.29 is 4.74 Å². The van der Waals surface area contributed by atoms with E-state index in [1.54, 1.807) is 12.4 Å². The van der Waals surface area contributed by atoms with Crippen molar-refractivity contribution in [2.75, 3.05) is 20.2 Å². The van der Waals surface area contributed by atoms with E-state index < -0.39 is 0 Å². The number of methoxy groups -OCH3 is 1. The van der Waals surface area contributed by atoms with Gasteiger partial charge in [-0.25, -0.2) is 9.97 Å². The third-order valence-corrected chi connectivity index (χ3v) is 6.83. The van der Waals surface area contributed by atoms with E-state index in [9.17, 15) is 4.79 Å². The molecule has 176 valence electrons. The van der Waals surface area contributed by atoms with Crippen LogP contribution in [0.2, 0.25) is 0 Å². The van der Waals surface area contributed by atoms with Gasteiger partial charge in [0, 0.05) is 47.9 Å². The molecule has 35 heavy (non-hydrogen) atoms. The molecule has 5 aromatic rings. The molecule has 0 aliphatic carbocycles. The van der Waals surface area contributed by atoms with Crippen LogP contribution in [-0.4, -0.2) is 50.2 Å². The molecule has 0 radical (unpaired) electrons. The van der Waals surface area contributed by atoms with Crippen molar-refractivity contribution in [3.63, 3.8) is 0 Å². The summed E-state index contributed by atoms with van der Waals surface area (Å²) in [4.78, 5) is 27.1. The maximum atomic E-state index is 13.1. The number of nitrogens with zero attached hydrogens (tertiary/aromatic N) is 4. The minimum atomic E-state index is -0.00768. The van der Waals surface area contributed by atoms with Gasteiger partial charge in [-0.2, -0.15) is 5.10 Å². The van der Waals surface area contributed by atoms with Crippen LogP contribution in [0.25, 0.3) is 33.1 Å². The average Bonchev–Trinajstić information content (AvgIpc) is 3.30. The summed E-state index contributed by atoms with van der Waals surface area (Å²) in [5, 5.41) is 9.50. The molecule has 1 fully saturated rings. The van der Waals surface area contributed by atoms with Gasteiger partial charge >= 0.3 is 6.01 Å². The number of aromatic nitrogens is 5. The summed E-state index contributed by atoms with van der Waals surface area (Å²) >= 11 is 0. The number of piperidine rings is 1. The SMILES string of the molecule is COc1ncc(-c2n[nH]c3cc4[nH]c(=O)c(C5CCCN(Cc6ccccc6)C5)cc4cc23)cn1. The molecule has 1 atom stereocenters. The standard InChI is InChI=1S/C27H26N6O2/c1-35-27-28-13-20(14-29-27)25-22-11-19-10-21(26(34)30-23(19)12-24(22)31-32-25)18-8-5-9-33(16-18)15-17-6-3-2-4-7-17/h2-4,6-7,10-14,18H,5,8-9,15-16H2,1H3,(H,30,34)(H,31,32). The number of benzene rings is 2. The Hall–Kier alpha value is -4.04. The van der Waals surface area contributed by atoms with Crippen molar-refractivity contribution in [2.45, 2.75) is 25.3 Å². The zero-order valence-electron chi connectivity index (χ0n) is 19.5. The van der Waals surface area contributed by atoms with Crippen molar-refractivity contribution in [2.24, 2.45) is 0 Å². The van der Waals surface area contributed by atoms with E-state index in [1.807, 2.05) is 12.1 Å². The Morgan fingerprint density at radius 1 is 1.09 bits per heavy atom. The molecule has 6 rings (SSSR count). The van der Waals surface area contributed by atoms with Gasteiger partial charge < -0.3 is 9.72 Å². The Morgan fingerprint density at radius 2 is 1.91 bits per heavy atom. The Kier molecular flexibility index (Phi) is 5.50. The minimum absolute atomic E-state index is 0.00768. The van der Waals surface area contributed by atoms with Crippen LogP contribution in [0, 0.1) is 0 Å². The number of H-pyrrole nitrogens is 2. The summed E-state index contributed by atoms with van der Waals surface area (Å²) in [6.45, 7) is 2.84. The Labute approximate surface area is 202 Å². The third-order valence-electron chi connectivity index (χ3n) is 6.83. The first-order chi connectivity index (χ1) is 17.2. The van der Waals surface area contributed by atoms with Gasteiger partial charge in [-0.15, -0.1) is 0 Å². The number of aromatic amines is 2.